The molecule has 0 radical (unpaired) electrons. The molecule has 2 amide bonds. The topological polar surface area (TPSA) is 77.1 Å². The van der Waals surface area contributed by atoms with E-state index >= 15 is 0 Å². The summed E-state index contributed by atoms with van der Waals surface area (Å²) in [5.41, 5.74) is 1.23. The highest BCUT2D eigenvalue weighted by Crippen LogP contribution is 2.49. The van der Waals surface area contributed by atoms with E-state index < -0.39 is 22.5 Å². The summed E-state index contributed by atoms with van der Waals surface area (Å²) < 4.78 is 38.0. The molecule has 2 aromatic rings. The van der Waals surface area contributed by atoms with Crippen LogP contribution in [0.25, 0.3) is 0 Å². The smallest absolute Gasteiger partial charge is 0.387 e. The molecular weight excluding hydrogens is 522 g/mol. The van der Waals surface area contributed by atoms with Crippen molar-refractivity contribution in [3.63, 3.8) is 0 Å². The van der Waals surface area contributed by atoms with Gasteiger partial charge in [-0.2, -0.15) is 24.9 Å². The number of ether oxygens (including phenoxy) is 1. The number of halogens is 2. The fraction of sp³-hybridized carbons (Fsp3) is 0.462. The van der Waals surface area contributed by atoms with Crippen molar-refractivity contribution in [1.29, 1.82) is 0 Å². The number of rotatable bonds is 6. The van der Waals surface area contributed by atoms with Gasteiger partial charge in [0.2, 0.25) is 5.91 Å². The summed E-state index contributed by atoms with van der Waals surface area (Å²) in [6, 6.07) is 11.1. The molecule has 0 aliphatic carbocycles. The molecule has 2 saturated heterocycles. The number of hydrogen-bond donors (Lipinski definition) is 1. The highest BCUT2D eigenvalue weighted by molar-refractivity contribution is 8.28. The monoisotopic (exact) mass is 554 g/mol. The van der Waals surface area contributed by atoms with Crippen LogP contribution >= 0.6 is 22.3 Å². The number of thioether (sulfide) groups is 1. The number of alkyl halides is 2. The molecule has 3 aliphatic heterocycles. The fourth-order valence-electron chi connectivity index (χ4n) is 4.38. The number of amides is 2. The first-order valence-electron chi connectivity index (χ1n) is 12.2. The largest absolute Gasteiger partial charge is 0.435 e. The molecule has 1 N–H and O–H groups in total. The number of hydrogen-bond acceptors (Lipinski definition) is 6. The Morgan fingerprint density at radius 3 is 2.59 bits per heavy atom. The van der Waals surface area contributed by atoms with Crippen LogP contribution in [0.3, 0.4) is 0 Å². The summed E-state index contributed by atoms with van der Waals surface area (Å²) in [7, 11) is -1.85. The zero-order valence-corrected chi connectivity index (χ0v) is 22.8. The fourth-order valence-corrected chi connectivity index (χ4v) is 6.78. The van der Waals surface area contributed by atoms with Crippen molar-refractivity contribution < 1.29 is 32.3 Å². The minimum atomic E-state index is -2.97. The van der Waals surface area contributed by atoms with Crippen molar-refractivity contribution in [2.45, 2.75) is 45.1 Å². The van der Waals surface area contributed by atoms with Gasteiger partial charge in [0.25, 0.3) is 5.91 Å². The minimum absolute atomic E-state index is 0.0389. The Balaban J connectivity index is 0.000000572. The summed E-state index contributed by atoms with van der Waals surface area (Å²) >= 11 is 2.07. The summed E-state index contributed by atoms with van der Waals surface area (Å²) in [6.45, 7) is 1.16. The number of fused-ring (bicyclic) bond motifs is 1. The minimum Gasteiger partial charge on any atom is -0.435 e. The van der Waals surface area contributed by atoms with E-state index in [-0.39, 0.29) is 17.6 Å². The highest BCUT2D eigenvalue weighted by Gasteiger charge is 2.47. The van der Waals surface area contributed by atoms with Gasteiger partial charge in [0.1, 0.15) is 5.75 Å². The van der Waals surface area contributed by atoms with Gasteiger partial charge in [-0.1, -0.05) is 13.0 Å². The van der Waals surface area contributed by atoms with Gasteiger partial charge in [0, 0.05) is 23.6 Å². The van der Waals surface area contributed by atoms with Gasteiger partial charge >= 0.3 is 6.61 Å². The summed E-state index contributed by atoms with van der Waals surface area (Å²) in [6.07, 6.45) is 5.23. The van der Waals surface area contributed by atoms with Gasteiger partial charge in [-0.15, -0.1) is 0 Å². The molecule has 7 nitrogen and oxygen atoms in total. The van der Waals surface area contributed by atoms with Crippen LogP contribution < -0.4 is 14.4 Å². The van der Waals surface area contributed by atoms with Crippen LogP contribution in [0.1, 0.15) is 49.0 Å². The molecule has 2 aromatic carbocycles. The Kier molecular flexibility index (Phi) is 8.67. The Hall–Kier alpha value is -2.34. The average molecular weight is 555 g/mol. The first-order chi connectivity index (χ1) is 17.7. The normalized spacial score (nSPS) is 26.3. The second-order valence-corrected chi connectivity index (χ2v) is 13.3. The van der Waals surface area contributed by atoms with Gasteiger partial charge in [-0.3, -0.25) is 19.2 Å². The third-order valence-electron chi connectivity index (χ3n) is 6.67. The lowest BCUT2D eigenvalue weighted by molar-refractivity contribution is -0.173. The lowest BCUT2D eigenvalue weighted by Crippen LogP contribution is -2.35. The summed E-state index contributed by atoms with van der Waals surface area (Å²) in [4.78, 5) is 32.8. The Morgan fingerprint density at radius 1 is 1.24 bits per heavy atom. The van der Waals surface area contributed by atoms with Crippen molar-refractivity contribution in [1.82, 2.24) is 4.72 Å². The van der Waals surface area contributed by atoms with Crippen molar-refractivity contribution in [2.24, 2.45) is 0 Å². The lowest BCUT2D eigenvalue weighted by Gasteiger charge is -2.27. The second kappa shape index (κ2) is 11.6. The van der Waals surface area contributed by atoms with Crippen molar-refractivity contribution in [2.75, 3.05) is 35.0 Å². The van der Waals surface area contributed by atoms with Crippen LogP contribution in [0.5, 0.6) is 5.75 Å². The average Bonchev–Trinajstić information content (AvgIpc) is 3.62. The molecule has 37 heavy (non-hydrogen) atoms. The SMILES string of the molecule is C1CCSC1.CCC1(C)C(=O)N(c2cccc(OC(F)F)c2)c2ccc(C(=O)NS3(C)CCOO3)cc21. The Bertz CT molecular complexity index is 1130. The van der Waals surface area contributed by atoms with Crippen molar-refractivity contribution in [3.05, 3.63) is 53.6 Å². The molecule has 0 spiro atoms. The molecule has 11 heteroatoms. The van der Waals surface area contributed by atoms with Gasteiger partial charge in [-0.25, -0.2) is 4.89 Å². The van der Waals surface area contributed by atoms with Crippen LogP contribution in [0, 0.1) is 0 Å². The lowest BCUT2D eigenvalue weighted by atomic mass is 9.81. The van der Waals surface area contributed by atoms with E-state index in [1.54, 1.807) is 36.6 Å². The van der Waals surface area contributed by atoms with E-state index in [1.807, 2.05) is 13.8 Å². The first kappa shape index (κ1) is 27.7. The maximum atomic E-state index is 13.5. The van der Waals surface area contributed by atoms with E-state index in [0.29, 0.717) is 41.3 Å². The molecule has 0 aromatic heterocycles. The van der Waals surface area contributed by atoms with Crippen LogP contribution in [0.2, 0.25) is 0 Å². The third kappa shape index (κ3) is 6.05. The number of nitrogens with zero attached hydrogens (tertiary/aromatic N) is 1. The van der Waals surface area contributed by atoms with E-state index in [0.717, 1.165) is 0 Å². The highest BCUT2D eigenvalue weighted by atomic mass is 32.3. The summed E-state index contributed by atoms with van der Waals surface area (Å²) in [5, 5.41) is 0. The molecule has 2 atom stereocenters. The van der Waals surface area contributed by atoms with E-state index in [9.17, 15) is 18.4 Å². The van der Waals surface area contributed by atoms with Crippen LogP contribution in [0.15, 0.2) is 42.5 Å². The van der Waals surface area contributed by atoms with Crippen molar-refractivity contribution >= 4 is 45.4 Å². The van der Waals surface area contributed by atoms with Crippen LogP contribution in [0.4, 0.5) is 20.2 Å². The molecule has 5 rings (SSSR count). The number of benzene rings is 2. The number of anilines is 2. The molecule has 3 aliphatic rings. The molecule has 3 heterocycles. The number of carbonyl (C=O) groups is 2. The van der Waals surface area contributed by atoms with Crippen molar-refractivity contribution in [3.8, 4) is 5.75 Å². The van der Waals surface area contributed by atoms with Crippen LogP contribution in [-0.2, 0) is 19.4 Å². The number of carbonyl (C=O) groups excluding carboxylic acids is 2. The maximum absolute atomic E-state index is 13.5. The zero-order chi connectivity index (χ0) is 26.6. The van der Waals surface area contributed by atoms with Gasteiger partial charge in [-0.05, 0) is 84.1 Å². The zero-order valence-electron chi connectivity index (χ0n) is 21.1. The van der Waals surface area contributed by atoms with Crippen LogP contribution in [-0.4, -0.2) is 48.5 Å². The van der Waals surface area contributed by atoms with Gasteiger partial charge < -0.3 is 4.74 Å². The quantitative estimate of drug-likeness (QED) is 0.435. The Morgan fingerprint density at radius 2 is 2.00 bits per heavy atom. The van der Waals surface area contributed by atoms with E-state index in [4.69, 9.17) is 9.22 Å². The molecule has 202 valence electrons. The molecule has 0 bridgehead atoms. The standard InChI is InChI=1S/C22H24F2N2O5S.C4H8S/c1-4-22(2)17-12-14(19(27)25-32(3)11-10-29-31-32)8-9-18(17)26(20(22)28)15-6-5-7-16(13-15)30-21(23)24;1-2-4-5-3-1/h5-9,12-13,21H,4,10-11H2,1-3H3,(H,25,27);1-4H2. The third-order valence-corrected chi connectivity index (χ3v) is 9.78. The molecule has 2 unspecified atom stereocenters. The van der Waals surface area contributed by atoms with E-state index in [2.05, 4.69) is 21.2 Å². The maximum Gasteiger partial charge on any atom is 0.387 e. The summed E-state index contributed by atoms with van der Waals surface area (Å²) in [5.74, 6) is 2.88. The number of nitrogens with one attached hydrogen (secondary N) is 1. The molecule has 0 saturated carbocycles. The first-order valence-corrected chi connectivity index (χ1v) is 15.5. The predicted molar refractivity (Wildman–Crippen MR) is 144 cm³/mol. The van der Waals surface area contributed by atoms with Gasteiger partial charge in [0.15, 0.2) is 0 Å². The molecular formula is C26H32F2N2O5S2. The van der Waals surface area contributed by atoms with E-state index in [1.165, 1.54) is 41.4 Å². The van der Waals surface area contributed by atoms with Gasteiger partial charge in [0.05, 0.1) is 23.4 Å². The molecule has 2 fully saturated rings. The Labute approximate surface area is 221 Å². The second-order valence-electron chi connectivity index (χ2n) is 9.28. The predicted octanol–water partition coefficient (Wildman–Crippen LogP) is 6.10.